The Balaban J connectivity index is 2.02. The van der Waals surface area contributed by atoms with Gasteiger partial charge in [-0.05, 0) is 31.2 Å². The number of esters is 1. The Bertz CT molecular complexity index is 427. The molecule has 1 aromatic carbocycles. The number of oxime groups is 1. The Morgan fingerprint density at radius 2 is 2.19 bits per heavy atom. The van der Waals surface area contributed by atoms with Crippen LogP contribution in [-0.2, 0) is 9.63 Å². The number of ether oxygens (including phenoxy) is 1. The summed E-state index contributed by atoms with van der Waals surface area (Å²) in [4.78, 5) is 16.5. The molecule has 0 saturated carbocycles. The smallest absolute Gasteiger partial charge is 0.323 e. The van der Waals surface area contributed by atoms with Crippen LogP contribution in [-0.4, -0.2) is 18.3 Å². The molecule has 0 radical (unpaired) electrons. The molecule has 0 aromatic heterocycles. The van der Waals surface area contributed by atoms with Gasteiger partial charge in [0.05, 0.1) is 5.71 Å². The first-order chi connectivity index (χ1) is 7.66. The van der Waals surface area contributed by atoms with Crippen LogP contribution in [0.2, 0.25) is 5.02 Å². The minimum atomic E-state index is -0.407. The van der Waals surface area contributed by atoms with Crippen molar-refractivity contribution in [2.75, 3.05) is 6.61 Å². The van der Waals surface area contributed by atoms with Crippen molar-refractivity contribution in [1.29, 1.82) is 0 Å². The molecule has 1 aromatic rings. The molecule has 0 saturated heterocycles. The van der Waals surface area contributed by atoms with Gasteiger partial charge in [-0.25, -0.2) is 0 Å². The lowest BCUT2D eigenvalue weighted by Crippen LogP contribution is -2.26. The van der Waals surface area contributed by atoms with Gasteiger partial charge >= 0.3 is 5.97 Å². The van der Waals surface area contributed by atoms with Gasteiger partial charge in [-0.3, -0.25) is 4.79 Å². The SMILES string of the molecule is CC1=NOCC1C(=O)Oc1ccc(Cl)cc1. The number of hydrogen-bond donors (Lipinski definition) is 0. The second-order valence-corrected chi connectivity index (χ2v) is 3.89. The third-order valence-electron chi connectivity index (χ3n) is 2.27. The van der Waals surface area contributed by atoms with Crippen molar-refractivity contribution in [3.05, 3.63) is 29.3 Å². The second-order valence-electron chi connectivity index (χ2n) is 3.46. The van der Waals surface area contributed by atoms with Crippen LogP contribution in [0, 0.1) is 5.92 Å². The number of benzene rings is 1. The monoisotopic (exact) mass is 239 g/mol. The van der Waals surface area contributed by atoms with Crippen molar-refractivity contribution in [3.8, 4) is 5.75 Å². The summed E-state index contributed by atoms with van der Waals surface area (Å²) in [6, 6.07) is 6.61. The van der Waals surface area contributed by atoms with Gasteiger partial charge in [0.15, 0.2) is 0 Å². The summed E-state index contributed by atoms with van der Waals surface area (Å²) in [5, 5.41) is 4.29. The molecule has 0 aliphatic carbocycles. The van der Waals surface area contributed by atoms with Gasteiger partial charge < -0.3 is 9.57 Å². The molecular formula is C11H10ClNO3. The van der Waals surface area contributed by atoms with E-state index < -0.39 is 5.92 Å². The van der Waals surface area contributed by atoms with E-state index in [4.69, 9.17) is 21.2 Å². The summed E-state index contributed by atoms with van der Waals surface area (Å²) >= 11 is 5.72. The first kappa shape index (κ1) is 11.0. The maximum Gasteiger partial charge on any atom is 0.323 e. The highest BCUT2D eigenvalue weighted by Crippen LogP contribution is 2.18. The van der Waals surface area contributed by atoms with Crippen LogP contribution in [0.1, 0.15) is 6.92 Å². The average Bonchev–Trinajstić information content (AvgIpc) is 2.68. The van der Waals surface area contributed by atoms with E-state index in [0.29, 0.717) is 16.5 Å². The fourth-order valence-electron chi connectivity index (χ4n) is 1.33. The Morgan fingerprint density at radius 3 is 2.75 bits per heavy atom. The summed E-state index contributed by atoms with van der Waals surface area (Å²) in [7, 11) is 0. The van der Waals surface area contributed by atoms with Gasteiger partial charge in [-0.15, -0.1) is 0 Å². The molecule has 0 spiro atoms. The molecule has 1 aliphatic heterocycles. The zero-order valence-corrected chi connectivity index (χ0v) is 9.40. The number of rotatable bonds is 2. The van der Waals surface area contributed by atoms with Crippen molar-refractivity contribution >= 4 is 23.3 Å². The first-order valence-corrected chi connectivity index (χ1v) is 5.18. The summed E-state index contributed by atoms with van der Waals surface area (Å²) in [5.74, 6) is -0.300. The maximum atomic E-state index is 11.7. The number of halogens is 1. The minimum Gasteiger partial charge on any atom is -0.426 e. The quantitative estimate of drug-likeness (QED) is 0.588. The van der Waals surface area contributed by atoms with Crippen molar-refractivity contribution in [2.24, 2.45) is 11.1 Å². The third kappa shape index (κ3) is 2.33. The molecule has 0 N–H and O–H groups in total. The number of carbonyl (C=O) groups is 1. The van der Waals surface area contributed by atoms with Gasteiger partial charge in [0, 0.05) is 5.02 Å². The topological polar surface area (TPSA) is 47.9 Å². The standard InChI is InChI=1S/C11H10ClNO3/c1-7-10(6-15-13-7)11(14)16-9-4-2-8(12)3-5-9/h2-5,10H,6H2,1H3. The number of hydrogen-bond acceptors (Lipinski definition) is 4. The zero-order valence-electron chi connectivity index (χ0n) is 8.64. The van der Waals surface area contributed by atoms with Crippen molar-refractivity contribution in [3.63, 3.8) is 0 Å². The predicted molar refractivity (Wildman–Crippen MR) is 59.6 cm³/mol. The lowest BCUT2D eigenvalue weighted by molar-refractivity contribution is -0.137. The van der Waals surface area contributed by atoms with Crippen molar-refractivity contribution < 1.29 is 14.4 Å². The van der Waals surface area contributed by atoms with Gasteiger partial charge in [0.1, 0.15) is 18.3 Å². The van der Waals surface area contributed by atoms with Crippen LogP contribution >= 0.6 is 11.6 Å². The molecule has 0 bridgehead atoms. The zero-order chi connectivity index (χ0) is 11.5. The molecule has 4 nitrogen and oxygen atoms in total. The van der Waals surface area contributed by atoms with E-state index in [-0.39, 0.29) is 12.6 Å². The van der Waals surface area contributed by atoms with E-state index in [1.54, 1.807) is 31.2 Å². The van der Waals surface area contributed by atoms with Gasteiger partial charge in [-0.2, -0.15) is 0 Å². The highest BCUT2D eigenvalue weighted by molar-refractivity contribution is 6.30. The van der Waals surface area contributed by atoms with Gasteiger partial charge in [0.2, 0.25) is 0 Å². The molecule has 5 heteroatoms. The van der Waals surface area contributed by atoms with Gasteiger partial charge in [-0.1, -0.05) is 16.8 Å². The van der Waals surface area contributed by atoms with Crippen LogP contribution in [0.4, 0.5) is 0 Å². The summed E-state index contributed by atoms with van der Waals surface area (Å²) < 4.78 is 5.17. The minimum absolute atomic E-state index is 0.248. The van der Waals surface area contributed by atoms with Crippen LogP contribution in [0.15, 0.2) is 29.4 Å². The Hall–Kier alpha value is -1.55. The molecular weight excluding hydrogens is 230 g/mol. The van der Waals surface area contributed by atoms with E-state index in [9.17, 15) is 4.79 Å². The second kappa shape index (κ2) is 4.53. The Labute approximate surface area is 97.8 Å². The van der Waals surface area contributed by atoms with Crippen LogP contribution in [0.3, 0.4) is 0 Å². The first-order valence-electron chi connectivity index (χ1n) is 4.80. The number of carbonyl (C=O) groups excluding carboxylic acids is 1. The molecule has 1 aliphatic rings. The molecule has 84 valence electrons. The van der Waals surface area contributed by atoms with Crippen LogP contribution in [0.25, 0.3) is 0 Å². The van der Waals surface area contributed by atoms with E-state index in [0.717, 1.165) is 0 Å². The maximum absolute atomic E-state index is 11.7. The van der Waals surface area contributed by atoms with E-state index in [2.05, 4.69) is 5.16 Å². The highest BCUT2D eigenvalue weighted by atomic mass is 35.5. The van der Waals surface area contributed by atoms with Crippen molar-refractivity contribution in [2.45, 2.75) is 6.92 Å². The lowest BCUT2D eigenvalue weighted by Gasteiger charge is -2.08. The number of nitrogens with zero attached hydrogens (tertiary/aromatic N) is 1. The molecule has 1 unspecified atom stereocenters. The fraction of sp³-hybridized carbons (Fsp3) is 0.273. The lowest BCUT2D eigenvalue weighted by atomic mass is 10.1. The molecule has 1 atom stereocenters. The summed E-state index contributed by atoms with van der Waals surface area (Å²) in [6.45, 7) is 1.99. The fourth-order valence-corrected chi connectivity index (χ4v) is 1.45. The van der Waals surface area contributed by atoms with Gasteiger partial charge in [0.25, 0.3) is 0 Å². The van der Waals surface area contributed by atoms with Crippen LogP contribution in [0.5, 0.6) is 5.75 Å². The molecule has 2 rings (SSSR count). The molecule has 0 amide bonds. The van der Waals surface area contributed by atoms with Crippen LogP contribution < -0.4 is 4.74 Å². The Morgan fingerprint density at radius 1 is 1.50 bits per heavy atom. The third-order valence-corrected chi connectivity index (χ3v) is 2.52. The molecule has 1 heterocycles. The summed E-state index contributed by atoms with van der Waals surface area (Å²) in [6.07, 6.45) is 0. The van der Waals surface area contributed by atoms with E-state index >= 15 is 0 Å². The molecule has 0 fully saturated rings. The Kier molecular flexibility index (Phi) is 3.10. The highest BCUT2D eigenvalue weighted by Gasteiger charge is 2.29. The normalized spacial score (nSPS) is 18.9. The largest absolute Gasteiger partial charge is 0.426 e. The molecule has 16 heavy (non-hydrogen) atoms. The average molecular weight is 240 g/mol. The van der Waals surface area contributed by atoms with Crippen molar-refractivity contribution in [1.82, 2.24) is 0 Å². The summed E-state index contributed by atoms with van der Waals surface area (Å²) in [5.41, 5.74) is 0.638. The van der Waals surface area contributed by atoms with E-state index in [1.165, 1.54) is 0 Å². The predicted octanol–water partition coefficient (Wildman–Crippen LogP) is 2.27. The van der Waals surface area contributed by atoms with E-state index in [1.807, 2.05) is 0 Å².